The lowest BCUT2D eigenvalue weighted by Gasteiger charge is -2.42. The van der Waals surface area contributed by atoms with Crippen molar-refractivity contribution in [3.63, 3.8) is 0 Å². The minimum atomic E-state index is 0.135. The van der Waals surface area contributed by atoms with Gasteiger partial charge in [-0.3, -0.25) is 9.69 Å². The van der Waals surface area contributed by atoms with Gasteiger partial charge in [0.05, 0.1) is 0 Å². The summed E-state index contributed by atoms with van der Waals surface area (Å²) < 4.78 is 0.964. The molecule has 0 saturated carbocycles. The van der Waals surface area contributed by atoms with Gasteiger partial charge in [0.15, 0.2) is 0 Å². The average Bonchev–Trinajstić information content (AvgIpc) is 2.33. The zero-order valence-corrected chi connectivity index (χ0v) is 13.6. The van der Waals surface area contributed by atoms with Crippen LogP contribution in [0.2, 0.25) is 0 Å². The quantitative estimate of drug-likeness (QED) is 0.793. The first-order valence-corrected chi connectivity index (χ1v) is 7.46. The number of aryl methyl sites for hydroxylation is 1. The number of carbonyl (C=O) groups is 1. The fourth-order valence-electron chi connectivity index (χ4n) is 2.61. The third-order valence-corrected chi connectivity index (χ3v) is 4.39. The SMILES string of the molecule is Cc1cc(Br)cc(C(=O)N2CC(C)N(C)C(C)C2)c1. The summed E-state index contributed by atoms with van der Waals surface area (Å²) >= 11 is 3.46. The maximum Gasteiger partial charge on any atom is 0.254 e. The molecule has 104 valence electrons. The van der Waals surface area contributed by atoms with Crippen molar-refractivity contribution in [3.8, 4) is 0 Å². The molecule has 0 aromatic heterocycles. The van der Waals surface area contributed by atoms with E-state index in [1.54, 1.807) is 0 Å². The summed E-state index contributed by atoms with van der Waals surface area (Å²) in [6, 6.07) is 6.69. The van der Waals surface area contributed by atoms with Gasteiger partial charge in [-0.1, -0.05) is 15.9 Å². The van der Waals surface area contributed by atoms with E-state index in [4.69, 9.17) is 0 Å². The number of piperazine rings is 1. The maximum absolute atomic E-state index is 12.6. The summed E-state index contributed by atoms with van der Waals surface area (Å²) in [7, 11) is 2.13. The average molecular weight is 325 g/mol. The van der Waals surface area contributed by atoms with Gasteiger partial charge in [-0.2, -0.15) is 0 Å². The van der Waals surface area contributed by atoms with Gasteiger partial charge in [0.1, 0.15) is 0 Å². The highest BCUT2D eigenvalue weighted by Crippen LogP contribution is 2.20. The summed E-state index contributed by atoms with van der Waals surface area (Å²) in [4.78, 5) is 16.9. The van der Waals surface area contributed by atoms with Crippen LogP contribution in [-0.4, -0.2) is 47.9 Å². The van der Waals surface area contributed by atoms with Crippen LogP contribution in [0.15, 0.2) is 22.7 Å². The normalized spacial score (nSPS) is 24.6. The minimum absolute atomic E-state index is 0.135. The molecule has 1 saturated heterocycles. The zero-order valence-electron chi connectivity index (χ0n) is 12.0. The summed E-state index contributed by atoms with van der Waals surface area (Å²) in [5.41, 5.74) is 1.88. The van der Waals surface area contributed by atoms with E-state index in [9.17, 15) is 4.79 Å². The van der Waals surface area contributed by atoms with Gasteiger partial charge < -0.3 is 4.90 Å². The fraction of sp³-hybridized carbons (Fsp3) is 0.533. The highest BCUT2D eigenvalue weighted by Gasteiger charge is 2.29. The van der Waals surface area contributed by atoms with Crippen LogP contribution in [0.5, 0.6) is 0 Å². The number of hydrogen-bond acceptors (Lipinski definition) is 2. The standard InChI is InChI=1S/C15H21BrN2O/c1-10-5-13(7-14(16)6-10)15(19)18-8-11(2)17(4)12(3)9-18/h5-7,11-12H,8-9H2,1-4H3. The molecule has 3 nitrogen and oxygen atoms in total. The second-order valence-corrected chi connectivity index (χ2v) is 6.51. The molecule has 0 bridgehead atoms. The van der Waals surface area contributed by atoms with E-state index in [2.05, 4.69) is 41.7 Å². The molecular weight excluding hydrogens is 304 g/mol. The summed E-state index contributed by atoms with van der Waals surface area (Å²) in [6.45, 7) is 7.94. The van der Waals surface area contributed by atoms with E-state index in [0.29, 0.717) is 12.1 Å². The number of amides is 1. The summed E-state index contributed by atoms with van der Waals surface area (Å²) in [5, 5.41) is 0. The van der Waals surface area contributed by atoms with Gasteiger partial charge in [-0.25, -0.2) is 0 Å². The molecule has 0 aliphatic carbocycles. The zero-order chi connectivity index (χ0) is 14.2. The van der Waals surface area contributed by atoms with E-state index in [0.717, 1.165) is 28.7 Å². The first kappa shape index (κ1) is 14.5. The Hall–Kier alpha value is -0.870. The van der Waals surface area contributed by atoms with Gasteiger partial charge in [0.2, 0.25) is 0 Å². The van der Waals surface area contributed by atoms with Crippen LogP contribution in [0.3, 0.4) is 0 Å². The summed E-state index contributed by atoms with van der Waals surface area (Å²) in [5.74, 6) is 0.135. The van der Waals surface area contributed by atoms with Gasteiger partial charge in [-0.05, 0) is 51.6 Å². The molecule has 4 heteroatoms. The molecular formula is C15H21BrN2O. The number of nitrogens with zero attached hydrogens (tertiary/aromatic N) is 2. The van der Waals surface area contributed by atoms with E-state index in [1.165, 1.54) is 0 Å². The van der Waals surface area contributed by atoms with Gasteiger partial charge in [0, 0.05) is 35.2 Å². The highest BCUT2D eigenvalue weighted by atomic mass is 79.9. The topological polar surface area (TPSA) is 23.6 Å². The smallest absolute Gasteiger partial charge is 0.254 e. The van der Waals surface area contributed by atoms with Crippen LogP contribution in [0.25, 0.3) is 0 Å². The lowest BCUT2D eigenvalue weighted by Crippen LogP contribution is -2.56. The highest BCUT2D eigenvalue weighted by molar-refractivity contribution is 9.10. The number of hydrogen-bond donors (Lipinski definition) is 0. The predicted octanol–water partition coefficient (Wildman–Crippen LogP) is 2.92. The van der Waals surface area contributed by atoms with Crippen molar-refractivity contribution in [2.45, 2.75) is 32.9 Å². The third-order valence-electron chi connectivity index (χ3n) is 3.94. The van der Waals surface area contributed by atoms with Crippen molar-refractivity contribution in [2.24, 2.45) is 0 Å². The second-order valence-electron chi connectivity index (χ2n) is 5.59. The molecule has 2 unspecified atom stereocenters. The van der Waals surface area contributed by atoms with Crippen LogP contribution < -0.4 is 0 Å². The second kappa shape index (κ2) is 5.63. The van der Waals surface area contributed by atoms with E-state index in [1.807, 2.05) is 30.0 Å². The first-order valence-electron chi connectivity index (χ1n) is 6.67. The molecule has 1 aromatic rings. The third kappa shape index (κ3) is 3.18. The molecule has 1 aromatic carbocycles. The molecule has 1 fully saturated rings. The Morgan fingerprint density at radius 3 is 2.32 bits per heavy atom. The Labute approximate surface area is 123 Å². The molecule has 0 spiro atoms. The van der Waals surface area contributed by atoms with Gasteiger partial charge >= 0.3 is 0 Å². The molecule has 2 atom stereocenters. The summed E-state index contributed by atoms with van der Waals surface area (Å²) in [6.07, 6.45) is 0. The van der Waals surface area contributed by atoms with Gasteiger partial charge in [0.25, 0.3) is 5.91 Å². The van der Waals surface area contributed by atoms with Crippen molar-refractivity contribution in [2.75, 3.05) is 20.1 Å². The lowest BCUT2D eigenvalue weighted by molar-refractivity contribution is 0.0414. The van der Waals surface area contributed by atoms with E-state index in [-0.39, 0.29) is 5.91 Å². The van der Waals surface area contributed by atoms with Crippen molar-refractivity contribution >= 4 is 21.8 Å². The van der Waals surface area contributed by atoms with Crippen LogP contribution in [0.1, 0.15) is 29.8 Å². The van der Waals surface area contributed by atoms with Crippen molar-refractivity contribution in [1.82, 2.24) is 9.80 Å². The van der Waals surface area contributed by atoms with Crippen molar-refractivity contribution < 1.29 is 4.79 Å². The first-order chi connectivity index (χ1) is 8.88. The van der Waals surface area contributed by atoms with Crippen molar-refractivity contribution in [1.29, 1.82) is 0 Å². The predicted molar refractivity (Wildman–Crippen MR) is 81.5 cm³/mol. The Bertz CT molecular complexity index is 457. The van der Waals surface area contributed by atoms with Crippen LogP contribution in [0.4, 0.5) is 0 Å². The Kier molecular flexibility index (Phi) is 4.31. The van der Waals surface area contributed by atoms with Gasteiger partial charge in [-0.15, -0.1) is 0 Å². The Morgan fingerprint density at radius 1 is 1.21 bits per heavy atom. The van der Waals surface area contributed by atoms with Crippen LogP contribution in [0, 0.1) is 6.92 Å². The number of rotatable bonds is 1. The van der Waals surface area contributed by atoms with Crippen LogP contribution >= 0.6 is 15.9 Å². The molecule has 1 aliphatic heterocycles. The molecule has 0 radical (unpaired) electrons. The largest absolute Gasteiger partial charge is 0.336 e. The Morgan fingerprint density at radius 2 is 1.79 bits per heavy atom. The Balaban J connectivity index is 2.20. The molecule has 1 heterocycles. The minimum Gasteiger partial charge on any atom is -0.336 e. The monoisotopic (exact) mass is 324 g/mol. The van der Waals surface area contributed by atoms with Crippen molar-refractivity contribution in [3.05, 3.63) is 33.8 Å². The molecule has 19 heavy (non-hydrogen) atoms. The molecule has 1 aliphatic rings. The number of halogens is 1. The number of carbonyl (C=O) groups excluding carboxylic acids is 1. The lowest BCUT2D eigenvalue weighted by atomic mass is 10.1. The maximum atomic E-state index is 12.6. The molecule has 1 amide bonds. The van der Waals surface area contributed by atoms with Crippen LogP contribution in [-0.2, 0) is 0 Å². The number of likely N-dealkylation sites (N-methyl/N-ethyl adjacent to an activating group) is 1. The fourth-order valence-corrected chi connectivity index (χ4v) is 3.22. The molecule has 0 N–H and O–H groups in total. The number of benzene rings is 1. The molecule has 2 rings (SSSR count). The van der Waals surface area contributed by atoms with E-state index >= 15 is 0 Å². The van der Waals surface area contributed by atoms with E-state index < -0.39 is 0 Å².